The molecule has 1 unspecified atom stereocenters. The van der Waals surface area contributed by atoms with Crippen LogP contribution in [-0.2, 0) is 0 Å². The maximum Gasteiger partial charge on any atom is 0.269 e. The van der Waals surface area contributed by atoms with E-state index in [1.54, 1.807) is 25.4 Å². The maximum atomic E-state index is 11.5. The van der Waals surface area contributed by atoms with Gasteiger partial charge in [0.15, 0.2) is 0 Å². The number of nitrogens with two attached hydrogens (primary N) is 1. The highest BCUT2D eigenvalue weighted by molar-refractivity contribution is 5.92. The Morgan fingerprint density at radius 1 is 1.68 bits per heavy atom. The summed E-state index contributed by atoms with van der Waals surface area (Å²) in [5.41, 5.74) is 6.68. The van der Waals surface area contributed by atoms with Crippen molar-refractivity contribution < 1.29 is 10.0 Å². The summed E-state index contributed by atoms with van der Waals surface area (Å²) in [6.07, 6.45) is 2.00. The van der Waals surface area contributed by atoms with Crippen LogP contribution in [0.25, 0.3) is 0 Å². The van der Waals surface area contributed by atoms with Crippen molar-refractivity contribution >= 4 is 17.4 Å². The van der Waals surface area contributed by atoms with E-state index in [0.717, 1.165) is 5.69 Å². The first-order valence-electron chi connectivity index (χ1n) is 5.87. The highest BCUT2D eigenvalue weighted by atomic mass is 16.4. The summed E-state index contributed by atoms with van der Waals surface area (Å²) >= 11 is 0. The highest BCUT2D eigenvalue weighted by Crippen LogP contribution is 2.17. The van der Waals surface area contributed by atoms with Crippen LogP contribution in [0.2, 0.25) is 0 Å². The summed E-state index contributed by atoms with van der Waals surface area (Å²) in [5, 5.41) is 14.0. The van der Waals surface area contributed by atoms with Gasteiger partial charge in [0.05, 0.1) is 0 Å². The molecule has 0 aliphatic rings. The minimum absolute atomic E-state index is 0.0239. The number of amides is 1. The molecule has 0 radical (unpaired) electrons. The first kappa shape index (κ1) is 14.7. The summed E-state index contributed by atoms with van der Waals surface area (Å²) in [4.78, 5) is 17.5. The predicted molar refractivity (Wildman–Crippen MR) is 73.5 cm³/mol. The molecule has 0 aliphatic heterocycles. The van der Waals surface area contributed by atoms with Crippen LogP contribution in [0.3, 0.4) is 0 Å². The van der Waals surface area contributed by atoms with Crippen molar-refractivity contribution in [2.45, 2.75) is 19.4 Å². The first-order valence-corrected chi connectivity index (χ1v) is 5.87. The highest BCUT2D eigenvalue weighted by Gasteiger charge is 2.14. The lowest BCUT2D eigenvalue weighted by Gasteiger charge is -2.26. The Hall–Kier alpha value is -2.31. The van der Waals surface area contributed by atoms with Gasteiger partial charge in [-0.15, -0.1) is 0 Å². The Bertz CT molecular complexity index is 475. The molecule has 1 heterocycles. The molecule has 0 spiro atoms. The number of oxime groups is 1. The summed E-state index contributed by atoms with van der Waals surface area (Å²) in [5.74, 6) is -0.0701. The van der Waals surface area contributed by atoms with Crippen molar-refractivity contribution in [3.05, 3.63) is 24.0 Å². The molecule has 0 saturated carbocycles. The fourth-order valence-corrected chi connectivity index (χ4v) is 1.63. The van der Waals surface area contributed by atoms with E-state index in [4.69, 9.17) is 10.9 Å². The van der Waals surface area contributed by atoms with E-state index in [9.17, 15) is 4.79 Å². The lowest BCUT2D eigenvalue weighted by molar-refractivity contribution is 0.0958. The second-order valence-electron chi connectivity index (χ2n) is 4.23. The summed E-state index contributed by atoms with van der Waals surface area (Å²) < 4.78 is 0. The molecule has 1 aromatic heterocycles. The molecule has 7 heteroatoms. The van der Waals surface area contributed by atoms with Crippen LogP contribution in [0.4, 0.5) is 5.69 Å². The molecule has 1 aromatic rings. The fourth-order valence-electron chi connectivity index (χ4n) is 1.63. The average Bonchev–Trinajstić information content (AvgIpc) is 2.45. The SMILES string of the molecule is CNC(=O)c1cc(N(C)C(C)CC(N)=NO)ccn1. The van der Waals surface area contributed by atoms with Gasteiger partial charge in [0.25, 0.3) is 5.91 Å². The van der Waals surface area contributed by atoms with E-state index in [-0.39, 0.29) is 17.8 Å². The van der Waals surface area contributed by atoms with Crippen LogP contribution in [0.1, 0.15) is 23.8 Å². The van der Waals surface area contributed by atoms with Gasteiger partial charge in [-0.3, -0.25) is 9.78 Å². The van der Waals surface area contributed by atoms with Crippen LogP contribution >= 0.6 is 0 Å². The smallest absolute Gasteiger partial charge is 0.269 e. The lowest BCUT2D eigenvalue weighted by atomic mass is 10.1. The summed E-state index contributed by atoms with van der Waals surface area (Å²) in [6, 6.07) is 3.52. The molecule has 1 rings (SSSR count). The minimum Gasteiger partial charge on any atom is -0.409 e. The van der Waals surface area contributed by atoms with Crippen LogP contribution < -0.4 is 16.0 Å². The third-order valence-corrected chi connectivity index (χ3v) is 2.90. The molecular weight excluding hydrogens is 246 g/mol. The molecule has 104 valence electrons. The fraction of sp³-hybridized carbons (Fsp3) is 0.417. The molecule has 0 saturated heterocycles. The molecule has 0 aromatic carbocycles. The van der Waals surface area contributed by atoms with E-state index >= 15 is 0 Å². The van der Waals surface area contributed by atoms with Crippen LogP contribution in [0, 0.1) is 0 Å². The summed E-state index contributed by atoms with van der Waals surface area (Å²) in [6.45, 7) is 1.94. The molecule has 0 aliphatic carbocycles. The Balaban J connectivity index is 2.87. The van der Waals surface area contributed by atoms with E-state index in [0.29, 0.717) is 12.1 Å². The molecule has 7 nitrogen and oxygen atoms in total. The summed E-state index contributed by atoms with van der Waals surface area (Å²) in [7, 11) is 3.43. The monoisotopic (exact) mass is 265 g/mol. The van der Waals surface area contributed by atoms with E-state index in [1.165, 1.54) is 0 Å². The van der Waals surface area contributed by atoms with Gasteiger partial charge in [-0.25, -0.2) is 0 Å². The van der Waals surface area contributed by atoms with Crippen molar-refractivity contribution in [1.29, 1.82) is 0 Å². The maximum absolute atomic E-state index is 11.5. The Morgan fingerprint density at radius 3 is 2.95 bits per heavy atom. The third-order valence-electron chi connectivity index (χ3n) is 2.90. The first-order chi connectivity index (χ1) is 8.99. The molecule has 1 amide bonds. The number of nitrogens with zero attached hydrogens (tertiary/aromatic N) is 3. The Kier molecular flexibility index (Phi) is 5.11. The molecular formula is C12H19N5O2. The Morgan fingerprint density at radius 2 is 2.37 bits per heavy atom. The minimum atomic E-state index is -0.237. The van der Waals surface area contributed by atoms with Gasteiger partial charge < -0.3 is 21.2 Å². The van der Waals surface area contributed by atoms with Gasteiger partial charge >= 0.3 is 0 Å². The molecule has 0 fully saturated rings. The zero-order chi connectivity index (χ0) is 14.4. The third kappa shape index (κ3) is 3.84. The molecule has 4 N–H and O–H groups in total. The normalized spacial score (nSPS) is 12.9. The van der Waals surface area contributed by atoms with Crippen molar-refractivity contribution in [1.82, 2.24) is 10.3 Å². The molecule has 1 atom stereocenters. The van der Waals surface area contributed by atoms with Crippen LogP contribution in [-0.4, -0.2) is 42.1 Å². The average molecular weight is 265 g/mol. The molecule has 19 heavy (non-hydrogen) atoms. The number of carbonyl (C=O) groups is 1. The van der Waals surface area contributed by atoms with Gasteiger partial charge in [-0.05, 0) is 19.1 Å². The second-order valence-corrected chi connectivity index (χ2v) is 4.23. The number of hydrogen-bond acceptors (Lipinski definition) is 5. The number of anilines is 1. The van der Waals surface area contributed by atoms with Gasteiger partial charge in [-0.1, -0.05) is 5.16 Å². The van der Waals surface area contributed by atoms with Crippen LogP contribution in [0.5, 0.6) is 0 Å². The van der Waals surface area contributed by atoms with Gasteiger partial charge in [-0.2, -0.15) is 0 Å². The van der Waals surface area contributed by atoms with E-state index in [1.807, 2.05) is 18.9 Å². The van der Waals surface area contributed by atoms with Crippen molar-refractivity contribution in [3.8, 4) is 0 Å². The number of nitrogens with one attached hydrogen (secondary N) is 1. The number of rotatable bonds is 5. The zero-order valence-corrected chi connectivity index (χ0v) is 11.3. The number of aromatic nitrogens is 1. The number of pyridine rings is 1. The van der Waals surface area contributed by atoms with Crippen molar-refractivity contribution in [2.24, 2.45) is 10.9 Å². The zero-order valence-electron chi connectivity index (χ0n) is 11.3. The number of hydrogen-bond donors (Lipinski definition) is 3. The standard InChI is InChI=1S/C12H19N5O2/c1-8(6-11(13)16-19)17(3)9-4-5-15-10(7-9)12(18)14-2/h4-5,7-8,19H,6H2,1-3H3,(H2,13,16)(H,14,18). The van der Waals surface area contributed by atoms with E-state index in [2.05, 4.69) is 15.5 Å². The number of amidine groups is 1. The predicted octanol–water partition coefficient (Wildman–Crippen LogP) is 0.402. The number of carbonyl (C=O) groups excluding carboxylic acids is 1. The van der Waals surface area contributed by atoms with E-state index < -0.39 is 0 Å². The lowest BCUT2D eigenvalue weighted by Crippen LogP contribution is -2.33. The topological polar surface area (TPSA) is 104 Å². The van der Waals surface area contributed by atoms with Gasteiger partial charge in [0.1, 0.15) is 11.5 Å². The van der Waals surface area contributed by atoms with Gasteiger partial charge in [0, 0.05) is 38.4 Å². The quantitative estimate of drug-likeness (QED) is 0.309. The van der Waals surface area contributed by atoms with Crippen LogP contribution in [0.15, 0.2) is 23.5 Å². The van der Waals surface area contributed by atoms with Gasteiger partial charge in [0.2, 0.25) is 0 Å². The second kappa shape index (κ2) is 6.58. The largest absolute Gasteiger partial charge is 0.409 e. The molecule has 0 bridgehead atoms. The van der Waals surface area contributed by atoms with Crippen molar-refractivity contribution in [3.63, 3.8) is 0 Å². The Labute approximate surface area is 112 Å². The van der Waals surface area contributed by atoms with Crippen molar-refractivity contribution in [2.75, 3.05) is 19.0 Å².